The number of anilines is 1. The molecule has 0 spiro atoms. The van der Waals surface area contributed by atoms with Crippen LogP contribution < -0.4 is 10.1 Å². The van der Waals surface area contributed by atoms with Gasteiger partial charge < -0.3 is 10.1 Å². The maximum absolute atomic E-state index is 10.4. The van der Waals surface area contributed by atoms with Gasteiger partial charge in [0, 0.05) is 16.8 Å². The van der Waals surface area contributed by atoms with Crippen LogP contribution in [0.4, 0.5) is 5.69 Å². The molecule has 0 unspecified atom stereocenters. The summed E-state index contributed by atoms with van der Waals surface area (Å²) >= 11 is 0. The smallest absolute Gasteiger partial charge is 0.368 e. The number of ether oxygens (including phenoxy) is 1. The van der Waals surface area contributed by atoms with Gasteiger partial charge in [-0.15, -0.1) is 0 Å². The zero-order valence-corrected chi connectivity index (χ0v) is 16.0. The van der Waals surface area contributed by atoms with Gasteiger partial charge in [0.25, 0.3) is 0 Å². The van der Waals surface area contributed by atoms with Crippen LogP contribution in [0.3, 0.4) is 0 Å². The molecule has 0 bridgehead atoms. The summed E-state index contributed by atoms with van der Waals surface area (Å²) < 4.78 is 5.52. The van der Waals surface area contributed by atoms with E-state index in [0.29, 0.717) is 12.2 Å². The quantitative estimate of drug-likeness (QED) is 0.453. The van der Waals surface area contributed by atoms with Gasteiger partial charge in [-0.2, -0.15) is 5.26 Å². The van der Waals surface area contributed by atoms with Crippen molar-refractivity contribution in [1.29, 1.82) is 0 Å². The van der Waals surface area contributed by atoms with E-state index >= 15 is 0 Å². The summed E-state index contributed by atoms with van der Waals surface area (Å²) in [6.45, 7) is 12.7. The molecule has 0 amide bonds. The molecule has 2 N–H and O–H groups in total. The summed E-state index contributed by atoms with van der Waals surface area (Å²) in [6, 6.07) is 6.22. The average molecular weight is 347 g/mol. The largest absolute Gasteiger partial charge is 0.494 e. The van der Waals surface area contributed by atoms with E-state index in [1.54, 1.807) is 13.0 Å². The number of hydrogen-bond acceptors (Lipinski definition) is 5. The lowest BCUT2D eigenvalue weighted by molar-refractivity contribution is -0.229. The Bertz CT molecular complexity index is 660. The number of carbonyl (C=O) groups is 1. The standard InChI is InChI=1S/C14H19NO.C6H10O3/c1-5-16-11-6-7-13-12(8-11)10(2)9-14(3,4)15-13;1-3-4-5(2)6(7)9-8/h6-9,15H,5H2,1-4H3;4,8H,3H2,1-2H3. The first kappa shape index (κ1) is 20.8. The second-order valence-electron chi connectivity index (χ2n) is 6.49. The highest BCUT2D eigenvalue weighted by Gasteiger charge is 2.22. The highest BCUT2D eigenvalue weighted by molar-refractivity contribution is 5.87. The molecule has 5 nitrogen and oxygen atoms in total. The van der Waals surface area contributed by atoms with Gasteiger partial charge in [-0.25, -0.2) is 4.79 Å². The molecule has 0 aliphatic carbocycles. The van der Waals surface area contributed by atoms with Gasteiger partial charge in [0.15, 0.2) is 0 Å². The van der Waals surface area contributed by atoms with Crippen LogP contribution in [0.5, 0.6) is 5.75 Å². The SMILES string of the molecule is CCC=C(C)C(=O)OO.CCOc1ccc2c(c1)C(C)=CC(C)(C)N2. The van der Waals surface area contributed by atoms with Crippen LogP contribution in [0.1, 0.15) is 53.5 Å². The fraction of sp³-hybridized carbons (Fsp3) is 0.450. The molecule has 0 atom stereocenters. The molecule has 138 valence electrons. The second kappa shape index (κ2) is 9.28. The molecular weight excluding hydrogens is 318 g/mol. The molecule has 0 aromatic heterocycles. The van der Waals surface area contributed by atoms with Crippen molar-refractivity contribution in [3.8, 4) is 5.75 Å². The molecule has 0 saturated carbocycles. The van der Waals surface area contributed by atoms with Gasteiger partial charge in [0.1, 0.15) is 5.75 Å². The van der Waals surface area contributed by atoms with E-state index in [2.05, 4.69) is 49.2 Å². The minimum Gasteiger partial charge on any atom is -0.494 e. The van der Waals surface area contributed by atoms with E-state index in [0.717, 1.165) is 12.2 Å². The van der Waals surface area contributed by atoms with Crippen LogP contribution >= 0.6 is 0 Å². The molecule has 1 heterocycles. The van der Waals surface area contributed by atoms with Crippen LogP contribution in [0, 0.1) is 0 Å². The number of rotatable bonds is 4. The van der Waals surface area contributed by atoms with Crippen molar-refractivity contribution < 1.29 is 19.7 Å². The second-order valence-corrected chi connectivity index (χ2v) is 6.49. The molecule has 5 heteroatoms. The van der Waals surface area contributed by atoms with Gasteiger partial charge >= 0.3 is 5.97 Å². The Morgan fingerprint density at radius 3 is 2.56 bits per heavy atom. The third-order valence-electron chi connectivity index (χ3n) is 3.68. The van der Waals surface area contributed by atoms with Crippen molar-refractivity contribution >= 4 is 17.2 Å². The molecule has 0 radical (unpaired) electrons. The van der Waals surface area contributed by atoms with Crippen molar-refractivity contribution in [2.45, 2.75) is 53.5 Å². The summed E-state index contributed by atoms with van der Waals surface area (Å²) in [5.74, 6) is 0.257. The molecule has 2 rings (SSSR count). The van der Waals surface area contributed by atoms with Gasteiger partial charge in [-0.3, -0.25) is 4.89 Å². The molecule has 25 heavy (non-hydrogen) atoms. The Labute approximate surface area is 150 Å². The lowest BCUT2D eigenvalue weighted by Gasteiger charge is -2.31. The summed E-state index contributed by atoms with van der Waals surface area (Å²) in [4.78, 5) is 13.8. The Balaban J connectivity index is 0.000000299. The fourth-order valence-electron chi connectivity index (χ4n) is 2.68. The van der Waals surface area contributed by atoms with E-state index < -0.39 is 5.97 Å². The van der Waals surface area contributed by atoms with Crippen LogP contribution in [0.15, 0.2) is 35.9 Å². The minimum atomic E-state index is -0.683. The highest BCUT2D eigenvalue weighted by Crippen LogP contribution is 2.35. The van der Waals surface area contributed by atoms with E-state index in [4.69, 9.17) is 9.99 Å². The predicted molar refractivity (Wildman–Crippen MR) is 102 cm³/mol. The molecule has 1 aromatic carbocycles. The Morgan fingerprint density at radius 2 is 2.00 bits per heavy atom. The van der Waals surface area contributed by atoms with Crippen LogP contribution in [0.2, 0.25) is 0 Å². The Kier molecular flexibility index (Phi) is 7.71. The maximum Gasteiger partial charge on any atom is 0.368 e. The van der Waals surface area contributed by atoms with Gasteiger partial charge in [-0.05, 0) is 64.8 Å². The van der Waals surface area contributed by atoms with Crippen LogP contribution in [0.25, 0.3) is 5.57 Å². The molecule has 1 aromatic rings. The minimum absolute atomic E-state index is 0.0320. The normalized spacial score (nSPS) is 15.0. The Morgan fingerprint density at radius 1 is 1.32 bits per heavy atom. The molecule has 1 aliphatic heterocycles. The first-order valence-corrected chi connectivity index (χ1v) is 8.51. The zero-order valence-electron chi connectivity index (χ0n) is 16.0. The van der Waals surface area contributed by atoms with Gasteiger partial charge in [0.05, 0.1) is 12.1 Å². The predicted octanol–water partition coefficient (Wildman–Crippen LogP) is 5.05. The summed E-state index contributed by atoms with van der Waals surface area (Å²) in [7, 11) is 0. The average Bonchev–Trinajstić information content (AvgIpc) is 2.55. The lowest BCUT2D eigenvalue weighted by atomic mass is 9.91. The van der Waals surface area contributed by atoms with Crippen LogP contribution in [-0.4, -0.2) is 23.4 Å². The van der Waals surface area contributed by atoms with E-state index in [1.807, 2.05) is 19.9 Å². The topological polar surface area (TPSA) is 67.8 Å². The van der Waals surface area contributed by atoms with Crippen LogP contribution in [-0.2, 0) is 9.68 Å². The molecule has 0 saturated heterocycles. The number of benzene rings is 1. The van der Waals surface area contributed by atoms with Crippen molar-refractivity contribution in [2.24, 2.45) is 0 Å². The molecule has 0 fully saturated rings. The summed E-state index contributed by atoms with van der Waals surface area (Å²) in [6.07, 6.45) is 4.70. The van der Waals surface area contributed by atoms with Crippen molar-refractivity contribution in [3.63, 3.8) is 0 Å². The first-order chi connectivity index (χ1) is 11.7. The fourth-order valence-corrected chi connectivity index (χ4v) is 2.68. The van der Waals surface area contributed by atoms with Crippen molar-refractivity contribution in [3.05, 3.63) is 41.5 Å². The third kappa shape index (κ3) is 6.27. The number of allylic oxidation sites excluding steroid dienone is 2. The van der Waals surface area contributed by atoms with E-state index in [1.165, 1.54) is 16.8 Å². The summed E-state index contributed by atoms with van der Waals surface area (Å²) in [5.41, 5.74) is 4.20. The monoisotopic (exact) mass is 347 g/mol. The van der Waals surface area contributed by atoms with Gasteiger partial charge in [-0.1, -0.05) is 19.1 Å². The third-order valence-corrected chi connectivity index (χ3v) is 3.68. The zero-order chi connectivity index (χ0) is 19.0. The summed E-state index contributed by atoms with van der Waals surface area (Å²) in [5, 5.41) is 11.3. The van der Waals surface area contributed by atoms with E-state index in [-0.39, 0.29) is 5.54 Å². The number of fused-ring (bicyclic) bond motifs is 1. The van der Waals surface area contributed by atoms with Gasteiger partial charge in [0.2, 0.25) is 0 Å². The molecular formula is C20H29NO4. The molecule has 1 aliphatic rings. The first-order valence-electron chi connectivity index (χ1n) is 8.51. The van der Waals surface area contributed by atoms with Crippen molar-refractivity contribution in [2.75, 3.05) is 11.9 Å². The van der Waals surface area contributed by atoms with Crippen molar-refractivity contribution in [1.82, 2.24) is 0 Å². The highest BCUT2D eigenvalue weighted by atomic mass is 17.1. The number of hydrogen-bond donors (Lipinski definition) is 2. The maximum atomic E-state index is 10.4. The lowest BCUT2D eigenvalue weighted by Crippen LogP contribution is -2.31. The number of nitrogens with one attached hydrogen (secondary N) is 1. The van der Waals surface area contributed by atoms with E-state index in [9.17, 15) is 4.79 Å². The Hall–Kier alpha value is -2.27. The number of carbonyl (C=O) groups excluding carboxylic acids is 1.